The SMILES string of the molecule is CC.Cc1ccc(SC2PC(CO)C(O)C(O)C2N2C(=O)C3=C(CCC=C3)C2=O)cc1. The van der Waals surface area contributed by atoms with Gasteiger partial charge in [0.2, 0.25) is 0 Å². The maximum atomic E-state index is 13.1. The molecule has 1 aromatic rings. The number of allylic oxidation sites excluding steroid dienone is 1. The lowest BCUT2D eigenvalue weighted by molar-refractivity contribution is -0.145. The van der Waals surface area contributed by atoms with Gasteiger partial charge in [0.1, 0.15) is 6.10 Å². The Bertz CT molecular complexity index is 884. The van der Waals surface area contributed by atoms with Crippen molar-refractivity contribution in [2.75, 3.05) is 6.61 Å². The molecule has 2 heterocycles. The van der Waals surface area contributed by atoms with Crippen LogP contribution < -0.4 is 0 Å². The Labute approximate surface area is 189 Å². The van der Waals surface area contributed by atoms with E-state index < -0.39 is 29.8 Å². The van der Waals surface area contributed by atoms with Crippen molar-refractivity contribution in [3.8, 4) is 0 Å². The summed E-state index contributed by atoms with van der Waals surface area (Å²) in [5.74, 6) is -0.772. The highest BCUT2D eigenvalue weighted by molar-refractivity contribution is 8.04. The van der Waals surface area contributed by atoms with Crippen molar-refractivity contribution in [3.05, 3.63) is 53.1 Å². The molecule has 3 N–H and O–H groups in total. The maximum absolute atomic E-state index is 13.1. The number of imide groups is 1. The lowest BCUT2D eigenvalue weighted by Crippen LogP contribution is -2.61. The Balaban J connectivity index is 0.00000132. The van der Waals surface area contributed by atoms with Gasteiger partial charge in [-0.2, -0.15) is 0 Å². The molecular weight excluding hydrogens is 433 g/mol. The molecule has 31 heavy (non-hydrogen) atoms. The number of rotatable bonds is 4. The first kappa shape index (κ1) is 24.1. The highest BCUT2D eigenvalue weighted by atomic mass is 32.2. The summed E-state index contributed by atoms with van der Waals surface area (Å²) in [4.78, 5) is 27.9. The number of nitrogens with zero attached hydrogens (tertiary/aromatic N) is 1. The summed E-state index contributed by atoms with van der Waals surface area (Å²) in [6, 6.07) is 7.04. The molecule has 6 nitrogen and oxygen atoms in total. The minimum absolute atomic E-state index is 0.0809. The number of amides is 2. The number of hydrogen-bond donors (Lipinski definition) is 3. The summed E-state index contributed by atoms with van der Waals surface area (Å²) >= 11 is 1.48. The number of hydrogen-bond acceptors (Lipinski definition) is 6. The molecule has 6 unspecified atom stereocenters. The first-order valence-corrected chi connectivity index (χ1v) is 12.7. The van der Waals surface area contributed by atoms with E-state index in [1.54, 1.807) is 6.08 Å². The quantitative estimate of drug-likeness (QED) is 0.469. The monoisotopic (exact) mass is 463 g/mol. The predicted molar refractivity (Wildman–Crippen MR) is 124 cm³/mol. The average molecular weight is 464 g/mol. The largest absolute Gasteiger partial charge is 0.396 e. The van der Waals surface area contributed by atoms with E-state index in [1.807, 2.05) is 51.1 Å². The molecule has 1 fully saturated rings. The van der Waals surface area contributed by atoms with Gasteiger partial charge in [-0.05, 0) is 31.9 Å². The zero-order valence-electron chi connectivity index (χ0n) is 18.0. The first-order valence-electron chi connectivity index (χ1n) is 10.7. The van der Waals surface area contributed by atoms with Crippen LogP contribution in [0, 0.1) is 6.92 Å². The van der Waals surface area contributed by atoms with Crippen molar-refractivity contribution in [2.45, 2.75) is 67.4 Å². The van der Waals surface area contributed by atoms with E-state index in [0.29, 0.717) is 24.0 Å². The summed E-state index contributed by atoms with van der Waals surface area (Å²) < 4.78 is 0. The van der Waals surface area contributed by atoms with Crippen LogP contribution in [0.3, 0.4) is 0 Å². The van der Waals surface area contributed by atoms with Gasteiger partial charge in [0.05, 0.1) is 23.7 Å². The molecule has 0 spiro atoms. The summed E-state index contributed by atoms with van der Waals surface area (Å²) in [7, 11) is 0.0809. The Kier molecular flexibility index (Phi) is 8.11. The van der Waals surface area contributed by atoms with E-state index in [1.165, 1.54) is 11.8 Å². The normalized spacial score (nSPS) is 31.0. The molecule has 0 aromatic heterocycles. The van der Waals surface area contributed by atoms with E-state index in [4.69, 9.17) is 0 Å². The molecule has 2 amide bonds. The lowest BCUT2D eigenvalue weighted by Gasteiger charge is -2.45. The highest BCUT2D eigenvalue weighted by Crippen LogP contribution is 2.49. The first-order chi connectivity index (χ1) is 14.9. The molecule has 4 rings (SSSR count). The van der Waals surface area contributed by atoms with Gasteiger partial charge in [-0.3, -0.25) is 14.5 Å². The van der Waals surface area contributed by atoms with E-state index >= 15 is 0 Å². The molecule has 168 valence electrons. The smallest absolute Gasteiger partial charge is 0.261 e. The van der Waals surface area contributed by atoms with Crippen LogP contribution in [0.1, 0.15) is 32.3 Å². The second-order valence-corrected chi connectivity index (χ2v) is 10.9. The van der Waals surface area contributed by atoms with Crippen LogP contribution >= 0.6 is 20.3 Å². The fourth-order valence-corrected chi connectivity index (χ4v) is 7.75. The molecule has 2 aliphatic heterocycles. The minimum atomic E-state index is -1.31. The van der Waals surface area contributed by atoms with Crippen LogP contribution in [0.2, 0.25) is 0 Å². The zero-order chi connectivity index (χ0) is 22.7. The topological polar surface area (TPSA) is 98.1 Å². The fraction of sp³-hybridized carbons (Fsp3) is 0.478. The lowest BCUT2D eigenvalue weighted by atomic mass is 10.00. The summed E-state index contributed by atoms with van der Waals surface area (Å²) in [5.41, 5.74) is 1.52. The molecule has 1 aromatic carbocycles. The Morgan fingerprint density at radius 1 is 1.10 bits per heavy atom. The van der Waals surface area contributed by atoms with Gasteiger partial charge in [-0.25, -0.2) is 0 Å². The van der Waals surface area contributed by atoms with Crippen molar-refractivity contribution >= 4 is 32.2 Å². The van der Waals surface area contributed by atoms with Crippen molar-refractivity contribution in [3.63, 3.8) is 0 Å². The van der Waals surface area contributed by atoms with Crippen molar-refractivity contribution < 1.29 is 24.9 Å². The van der Waals surface area contributed by atoms with E-state index in [2.05, 4.69) is 0 Å². The molecule has 1 aliphatic carbocycles. The number of benzene rings is 1. The summed E-state index contributed by atoms with van der Waals surface area (Å²) in [6.07, 6.45) is 2.28. The molecule has 0 saturated carbocycles. The number of thioether (sulfide) groups is 1. The van der Waals surface area contributed by atoms with Gasteiger partial charge in [-0.1, -0.05) is 52.3 Å². The van der Waals surface area contributed by atoms with Crippen LogP contribution in [0.15, 0.2) is 52.5 Å². The second-order valence-electron chi connectivity index (χ2n) is 7.59. The number of aliphatic hydroxyl groups excluding tert-OH is 3. The Hall–Kier alpha value is -1.50. The third-order valence-electron chi connectivity index (χ3n) is 5.68. The average Bonchev–Trinajstić information content (AvgIpc) is 3.04. The Morgan fingerprint density at radius 3 is 2.39 bits per heavy atom. The van der Waals surface area contributed by atoms with Gasteiger partial charge in [-0.15, -0.1) is 11.8 Å². The number of carbonyl (C=O) groups is 2. The van der Waals surface area contributed by atoms with Crippen LogP contribution in [-0.4, -0.2) is 67.5 Å². The van der Waals surface area contributed by atoms with Gasteiger partial charge >= 0.3 is 0 Å². The Morgan fingerprint density at radius 2 is 1.77 bits per heavy atom. The third-order valence-corrected chi connectivity index (χ3v) is 9.14. The van der Waals surface area contributed by atoms with E-state index in [-0.39, 0.29) is 26.1 Å². The summed E-state index contributed by atoms with van der Waals surface area (Å²) in [5, 5.41) is 31.1. The summed E-state index contributed by atoms with van der Waals surface area (Å²) in [6.45, 7) is 5.74. The third kappa shape index (κ3) is 4.67. The van der Waals surface area contributed by atoms with Crippen molar-refractivity contribution in [1.82, 2.24) is 4.90 Å². The molecule has 1 saturated heterocycles. The molecule has 8 heteroatoms. The van der Waals surface area contributed by atoms with Gasteiger partial charge < -0.3 is 15.3 Å². The number of carbonyl (C=O) groups excluding carboxylic acids is 2. The second kappa shape index (κ2) is 10.4. The van der Waals surface area contributed by atoms with Gasteiger partial charge in [0.15, 0.2) is 0 Å². The molecule has 3 aliphatic rings. The minimum Gasteiger partial charge on any atom is -0.396 e. The van der Waals surface area contributed by atoms with Crippen LogP contribution in [-0.2, 0) is 9.59 Å². The van der Waals surface area contributed by atoms with Gasteiger partial charge in [0, 0.05) is 21.7 Å². The highest BCUT2D eigenvalue weighted by Gasteiger charge is 2.52. The maximum Gasteiger partial charge on any atom is 0.261 e. The van der Waals surface area contributed by atoms with Crippen molar-refractivity contribution in [2.24, 2.45) is 0 Å². The van der Waals surface area contributed by atoms with E-state index in [0.717, 1.165) is 15.4 Å². The molecule has 0 bridgehead atoms. The van der Waals surface area contributed by atoms with Crippen LogP contribution in [0.25, 0.3) is 0 Å². The number of aliphatic hydroxyl groups is 3. The van der Waals surface area contributed by atoms with Crippen LogP contribution in [0.4, 0.5) is 0 Å². The van der Waals surface area contributed by atoms with Crippen molar-refractivity contribution in [1.29, 1.82) is 0 Å². The van der Waals surface area contributed by atoms with E-state index in [9.17, 15) is 24.9 Å². The zero-order valence-corrected chi connectivity index (χ0v) is 19.8. The fourth-order valence-electron chi connectivity index (χ4n) is 4.07. The predicted octanol–water partition coefficient (Wildman–Crippen LogP) is 2.60. The van der Waals surface area contributed by atoms with Gasteiger partial charge in [0.25, 0.3) is 11.8 Å². The molecule has 6 atom stereocenters. The molecular formula is C23H30NO5PS. The standard InChI is InChI=1S/C21H24NO5PS.C2H6/c1-11-6-8-12(9-7-11)29-21-16(18(25)17(24)15(10-23)28-21)22-19(26)13-4-2-3-5-14(13)20(22)27;1-2/h2,4,6-9,15-18,21,23-25,28H,3,5,10H2,1H3;1-2H3. The number of aryl methyl sites for hydroxylation is 1. The molecule has 0 radical (unpaired) electrons. The van der Waals surface area contributed by atoms with Crippen LogP contribution in [0.5, 0.6) is 0 Å².